The van der Waals surface area contributed by atoms with E-state index in [0.29, 0.717) is 4.32 Å². The third-order valence-corrected chi connectivity index (χ3v) is 1.41. The van der Waals surface area contributed by atoms with Gasteiger partial charge in [0.1, 0.15) is 14.8 Å². The van der Waals surface area contributed by atoms with Crippen molar-refractivity contribution in [3.05, 3.63) is 0 Å². The molecule has 0 aromatic heterocycles. The fraction of sp³-hybridized carbons (Fsp3) is 0.500. The number of hydrogen-bond acceptors (Lipinski definition) is 4. The number of hydrazine groups is 2. The van der Waals surface area contributed by atoms with E-state index in [0.717, 1.165) is 0 Å². The molecule has 0 aromatic carbocycles. The lowest BCUT2D eigenvalue weighted by molar-refractivity contribution is 0.169. The Morgan fingerprint density at radius 1 is 1.42 bits per heavy atom. The average Bonchev–Trinajstić information content (AvgIpc) is 1.84. The summed E-state index contributed by atoms with van der Waals surface area (Å²) >= 11 is 17.1. The molecule has 8 heteroatoms. The Bertz CT molecular complexity index is 164. The van der Waals surface area contributed by atoms with E-state index in [1.165, 1.54) is 5.12 Å². The number of nitrogens with two attached hydrogens (primary N) is 1. The summed E-state index contributed by atoms with van der Waals surface area (Å²) in [4.78, 5) is 0. The van der Waals surface area contributed by atoms with Gasteiger partial charge in [0.25, 0.3) is 0 Å². The van der Waals surface area contributed by atoms with Crippen LogP contribution in [0.15, 0.2) is 0 Å². The van der Waals surface area contributed by atoms with Crippen molar-refractivity contribution in [3.8, 4) is 0 Å². The SMILES string of the molecule is CC(NC(=S)S)N(N)NC(=S)S. The van der Waals surface area contributed by atoms with Crippen LogP contribution < -0.4 is 16.6 Å². The molecule has 0 heterocycles. The normalized spacial score (nSPS) is 12.4. The standard InChI is InChI=1S/C4H10N4S4/c1-2(6-3(9)10)8(5)7-4(11)12/h2H,5H2,1H3,(H2,6,9,10)(H2,7,11,12). The van der Waals surface area contributed by atoms with Crippen molar-refractivity contribution in [2.75, 3.05) is 0 Å². The summed E-state index contributed by atoms with van der Waals surface area (Å²) in [5.41, 5.74) is 2.60. The van der Waals surface area contributed by atoms with Gasteiger partial charge in [-0.1, -0.05) is 24.4 Å². The predicted octanol–water partition coefficient (Wildman–Crippen LogP) is 0.0317. The highest BCUT2D eigenvalue weighted by atomic mass is 32.1. The summed E-state index contributed by atoms with van der Waals surface area (Å²) in [5, 5.41) is 4.04. The Morgan fingerprint density at radius 2 is 1.92 bits per heavy atom. The second kappa shape index (κ2) is 5.95. The molecule has 0 fully saturated rings. The molecule has 70 valence electrons. The van der Waals surface area contributed by atoms with Gasteiger partial charge < -0.3 is 5.32 Å². The molecular weight excluding hydrogens is 232 g/mol. The van der Waals surface area contributed by atoms with Crippen LogP contribution >= 0.6 is 49.7 Å². The molecule has 4 nitrogen and oxygen atoms in total. The van der Waals surface area contributed by atoms with Crippen LogP contribution in [0.4, 0.5) is 0 Å². The van der Waals surface area contributed by atoms with Gasteiger partial charge in [-0.15, -0.1) is 30.4 Å². The van der Waals surface area contributed by atoms with Gasteiger partial charge in [-0.2, -0.15) is 0 Å². The van der Waals surface area contributed by atoms with Gasteiger partial charge in [-0.3, -0.25) is 5.43 Å². The molecule has 0 bridgehead atoms. The molecule has 0 aliphatic rings. The van der Waals surface area contributed by atoms with E-state index >= 15 is 0 Å². The van der Waals surface area contributed by atoms with Crippen molar-refractivity contribution in [2.45, 2.75) is 13.1 Å². The molecule has 0 aliphatic carbocycles. The average molecular weight is 242 g/mol. The van der Waals surface area contributed by atoms with E-state index in [2.05, 4.69) is 48.2 Å². The van der Waals surface area contributed by atoms with Crippen LogP contribution in [-0.4, -0.2) is 19.9 Å². The van der Waals surface area contributed by atoms with Crippen molar-refractivity contribution in [2.24, 2.45) is 5.84 Å². The topological polar surface area (TPSA) is 53.3 Å². The van der Waals surface area contributed by atoms with Crippen molar-refractivity contribution in [1.29, 1.82) is 0 Å². The Labute approximate surface area is 93.0 Å². The Balaban J connectivity index is 3.83. The number of nitrogens with one attached hydrogen (secondary N) is 2. The second-order valence-electron chi connectivity index (χ2n) is 1.95. The lowest BCUT2D eigenvalue weighted by Crippen LogP contribution is -2.56. The highest BCUT2D eigenvalue weighted by Crippen LogP contribution is 1.88. The fourth-order valence-electron chi connectivity index (χ4n) is 0.456. The highest BCUT2D eigenvalue weighted by Gasteiger charge is 2.08. The molecular formula is C4H10N4S4. The van der Waals surface area contributed by atoms with Crippen molar-refractivity contribution < 1.29 is 0 Å². The maximum absolute atomic E-state index is 5.50. The Hall–Kier alpha value is 0.400. The first kappa shape index (κ1) is 12.4. The molecule has 0 aromatic rings. The van der Waals surface area contributed by atoms with Gasteiger partial charge >= 0.3 is 0 Å². The molecule has 0 amide bonds. The largest absolute Gasteiger partial charge is 0.353 e. The summed E-state index contributed by atoms with van der Waals surface area (Å²) in [7, 11) is 0. The number of thiocarbonyl (C=S) groups is 2. The maximum atomic E-state index is 5.50. The Morgan fingerprint density at radius 3 is 2.25 bits per heavy atom. The predicted molar refractivity (Wildman–Crippen MR) is 64.9 cm³/mol. The molecule has 4 N–H and O–H groups in total. The van der Waals surface area contributed by atoms with E-state index < -0.39 is 0 Å². The first-order chi connectivity index (χ1) is 5.43. The third kappa shape index (κ3) is 5.98. The van der Waals surface area contributed by atoms with E-state index in [-0.39, 0.29) is 10.5 Å². The molecule has 12 heavy (non-hydrogen) atoms. The van der Waals surface area contributed by atoms with Gasteiger partial charge in [0.2, 0.25) is 0 Å². The van der Waals surface area contributed by atoms with Crippen LogP contribution in [-0.2, 0) is 0 Å². The minimum atomic E-state index is -0.208. The van der Waals surface area contributed by atoms with E-state index in [1.54, 1.807) is 6.92 Å². The number of thiol groups is 2. The van der Waals surface area contributed by atoms with Gasteiger partial charge in [-0.25, -0.2) is 5.84 Å². The monoisotopic (exact) mass is 242 g/mol. The molecule has 1 atom stereocenters. The summed E-state index contributed by atoms with van der Waals surface area (Å²) in [6.45, 7) is 1.79. The minimum absolute atomic E-state index is 0.208. The second-order valence-corrected chi connectivity index (χ2v) is 4.27. The molecule has 0 spiro atoms. The van der Waals surface area contributed by atoms with Crippen LogP contribution in [0.3, 0.4) is 0 Å². The van der Waals surface area contributed by atoms with Crippen LogP contribution in [0.25, 0.3) is 0 Å². The molecule has 0 saturated heterocycles. The fourth-order valence-corrected chi connectivity index (χ4v) is 1.03. The molecule has 0 radical (unpaired) electrons. The maximum Gasteiger partial charge on any atom is 0.146 e. The lowest BCUT2D eigenvalue weighted by Gasteiger charge is -2.25. The first-order valence-corrected chi connectivity index (χ1v) is 4.67. The van der Waals surface area contributed by atoms with E-state index in [9.17, 15) is 0 Å². The quantitative estimate of drug-likeness (QED) is 0.158. The van der Waals surface area contributed by atoms with Gasteiger partial charge in [0.05, 0.1) is 0 Å². The summed E-state index contributed by atoms with van der Waals surface area (Å²) in [5.74, 6) is 5.50. The van der Waals surface area contributed by atoms with Crippen LogP contribution in [0, 0.1) is 0 Å². The van der Waals surface area contributed by atoms with Crippen molar-refractivity contribution in [3.63, 3.8) is 0 Å². The zero-order valence-electron chi connectivity index (χ0n) is 6.31. The molecule has 0 rings (SSSR count). The molecule has 0 aliphatic heterocycles. The summed E-state index contributed by atoms with van der Waals surface area (Å²) in [6, 6.07) is 0. The van der Waals surface area contributed by atoms with Gasteiger partial charge in [-0.05, 0) is 6.92 Å². The van der Waals surface area contributed by atoms with E-state index in [1.807, 2.05) is 0 Å². The Kier molecular flexibility index (Phi) is 6.14. The highest BCUT2D eigenvalue weighted by molar-refractivity contribution is 8.11. The van der Waals surface area contributed by atoms with Crippen LogP contribution in [0.5, 0.6) is 0 Å². The smallest absolute Gasteiger partial charge is 0.146 e. The van der Waals surface area contributed by atoms with E-state index in [4.69, 9.17) is 18.1 Å². The van der Waals surface area contributed by atoms with Crippen LogP contribution in [0.2, 0.25) is 0 Å². The molecule has 0 saturated carbocycles. The zero-order valence-corrected chi connectivity index (χ0v) is 9.73. The lowest BCUT2D eigenvalue weighted by atomic mass is 10.6. The minimum Gasteiger partial charge on any atom is -0.353 e. The van der Waals surface area contributed by atoms with Crippen LogP contribution in [0.1, 0.15) is 6.92 Å². The summed E-state index contributed by atoms with van der Waals surface area (Å²) in [6.07, 6.45) is -0.208. The zero-order chi connectivity index (χ0) is 9.72. The third-order valence-electron chi connectivity index (χ3n) is 0.974. The van der Waals surface area contributed by atoms with Crippen molar-refractivity contribution in [1.82, 2.24) is 15.9 Å². The summed E-state index contributed by atoms with van der Waals surface area (Å²) < 4.78 is 0.654. The number of rotatable bonds is 3. The number of hydrogen-bond donors (Lipinski definition) is 5. The van der Waals surface area contributed by atoms with Gasteiger partial charge in [0.15, 0.2) is 0 Å². The first-order valence-electron chi connectivity index (χ1n) is 2.96. The molecule has 1 unspecified atom stereocenters. The van der Waals surface area contributed by atoms with Crippen molar-refractivity contribution >= 4 is 58.3 Å². The number of nitrogens with zero attached hydrogens (tertiary/aromatic N) is 1. The van der Waals surface area contributed by atoms with Gasteiger partial charge in [0, 0.05) is 0 Å².